The number of likely N-dealkylation sites (N-methyl/N-ethyl adjacent to an activating group) is 1. The minimum Gasteiger partial charge on any atom is -0.356 e. The summed E-state index contributed by atoms with van der Waals surface area (Å²) in [5, 5.41) is 9.04. The zero-order valence-electron chi connectivity index (χ0n) is 14.8. The summed E-state index contributed by atoms with van der Waals surface area (Å²) < 4.78 is 0. The molecule has 0 saturated heterocycles. The molecule has 1 heterocycles. The Kier molecular flexibility index (Phi) is 7.89. The minimum absolute atomic E-state index is 0.605. The molecule has 1 aromatic heterocycles. The Bertz CT molecular complexity index is 452. The van der Waals surface area contributed by atoms with Crippen molar-refractivity contribution in [2.45, 2.75) is 45.1 Å². The van der Waals surface area contributed by atoms with E-state index in [-0.39, 0.29) is 0 Å². The smallest absolute Gasteiger partial charge is 0.191 e. The zero-order chi connectivity index (χ0) is 16.5. The Labute approximate surface area is 145 Å². The predicted molar refractivity (Wildman–Crippen MR) is 101 cm³/mol. The van der Waals surface area contributed by atoms with E-state index in [9.17, 15) is 0 Å². The van der Waals surface area contributed by atoms with Crippen LogP contribution in [-0.2, 0) is 6.42 Å². The fourth-order valence-corrected chi connectivity index (χ4v) is 4.08. The molecule has 4 nitrogen and oxygen atoms in total. The Morgan fingerprint density at radius 3 is 2.83 bits per heavy atom. The second-order valence-electron chi connectivity index (χ2n) is 6.69. The van der Waals surface area contributed by atoms with Crippen molar-refractivity contribution >= 4 is 17.3 Å². The molecule has 0 radical (unpaired) electrons. The van der Waals surface area contributed by atoms with Crippen molar-refractivity contribution in [3.05, 3.63) is 22.4 Å². The van der Waals surface area contributed by atoms with Crippen LogP contribution in [0.5, 0.6) is 0 Å². The predicted octanol–water partition coefficient (Wildman–Crippen LogP) is 2.97. The van der Waals surface area contributed by atoms with Crippen LogP contribution in [0.15, 0.2) is 22.5 Å². The van der Waals surface area contributed by atoms with Gasteiger partial charge in [-0.3, -0.25) is 4.99 Å². The van der Waals surface area contributed by atoms with Crippen LogP contribution in [0, 0.1) is 5.92 Å². The molecule has 5 heteroatoms. The second kappa shape index (κ2) is 9.93. The lowest BCUT2D eigenvalue weighted by Gasteiger charge is -2.24. The monoisotopic (exact) mass is 336 g/mol. The van der Waals surface area contributed by atoms with E-state index in [0.717, 1.165) is 38.1 Å². The summed E-state index contributed by atoms with van der Waals surface area (Å²) in [6.45, 7) is 5.27. The van der Waals surface area contributed by atoms with Crippen molar-refractivity contribution in [3.8, 4) is 0 Å². The number of thiophene rings is 1. The molecule has 0 aliphatic heterocycles. The third kappa shape index (κ3) is 6.51. The molecule has 0 aromatic carbocycles. The number of hydrogen-bond acceptors (Lipinski definition) is 3. The standard InChI is InChI=1S/C18H32N4S/c1-15(13-17-9-6-12-23-17)14-21-18(19-2)20-10-11-22(3)16-7-4-5-8-16/h6,9,12,15-16H,4-5,7-8,10-11,13-14H2,1-3H3,(H2,19,20,21). The van der Waals surface area contributed by atoms with Gasteiger partial charge in [0.2, 0.25) is 0 Å². The van der Waals surface area contributed by atoms with Gasteiger partial charge < -0.3 is 15.5 Å². The van der Waals surface area contributed by atoms with Crippen molar-refractivity contribution < 1.29 is 0 Å². The van der Waals surface area contributed by atoms with Crippen LogP contribution in [0.1, 0.15) is 37.5 Å². The first-order valence-corrected chi connectivity index (χ1v) is 9.74. The molecule has 1 fully saturated rings. The summed E-state index contributed by atoms with van der Waals surface area (Å²) in [6.07, 6.45) is 6.65. The molecule has 23 heavy (non-hydrogen) atoms. The van der Waals surface area contributed by atoms with Crippen LogP contribution in [-0.4, -0.2) is 50.6 Å². The SMILES string of the molecule is CN=C(NCCN(C)C1CCCC1)NCC(C)Cc1cccs1. The largest absolute Gasteiger partial charge is 0.356 e. The Balaban J connectivity index is 1.61. The van der Waals surface area contributed by atoms with E-state index in [2.05, 4.69) is 52.0 Å². The van der Waals surface area contributed by atoms with Crippen LogP contribution in [0.4, 0.5) is 0 Å². The summed E-state index contributed by atoms with van der Waals surface area (Å²) >= 11 is 1.84. The average molecular weight is 337 g/mol. The lowest BCUT2D eigenvalue weighted by Crippen LogP contribution is -2.43. The third-order valence-electron chi connectivity index (χ3n) is 4.68. The van der Waals surface area contributed by atoms with Crippen LogP contribution < -0.4 is 10.6 Å². The number of hydrogen-bond donors (Lipinski definition) is 2. The molecule has 130 valence electrons. The number of nitrogens with zero attached hydrogens (tertiary/aromatic N) is 2. The van der Waals surface area contributed by atoms with Crippen molar-refractivity contribution in [1.29, 1.82) is 0 Å². The average Bonchev–Trinajstić information content (AvgIpc) is 3.23. The van der Waals surface area contributed by atoms with E-state index in [0.29, 0.717) is 5.92 Å². The Hall–Kier alpha value is -1.07. The molecule has 1 aliphatic rings. The van der Waals surface area contributed by atoms with E-state index in [1.807, 2.05) is 18.4 Å². The van der Waals surface area contributed by atoms with Crippen LogP contribution >= 0.6 is 11.3 Å². The van der Waals surface area contributed by atoms with Gasteiger partial charge in [0.25, 0.3) is 0 Å². The van der Waals surface area contributed by atoms with E-state index >= 15 is 0 Å². The second-order valence-corrected chi connectivity index (χ2v) is 7.72. The molecule has 1 saturated carbocycles. The van der Waals surface area contributed by atoms with Crippen LogP contribution in [0.3, 0.4) is 0 Å². The molecule has 2 N–H and O–H groups in total. The quantitative estimate of drug-likeness (QED) is 0.566. The molecule has 1 aliphatic carbocycles. The molecule has 2 rings (SSSR count). The normalized spacial score (nSPS) is 17.7. The van der Waals surface area contributed by atoms with Gasteiger partial charge in [0.1, 0.15) is 0 Å². The molecular weight excluding hydrogens is 304 g/mol. The van der Waals surface area contributed by atoms with Crippen molar-refractivity contribution in [2.75, 3.05) is 33.7 Å². The summed E-state index contributed by atoms with van der Waals surface area (Å²) in [5.74, 6) is 1.52. The van der Waals surface area contributed by atoms with Gasteiger partial charge in [0.05, 0.1) is 0 Å². The third-order valence-corrected chi connectivity index (χ3v) is 5.58. The van der Waals surface area contributed by atoms with Gasteiger partial charge in [-0.15, -0.1) is 11.3 Å². The summed E-state index contributed by atoms with van der Waals surface area (Å²) in [5.41, 5.74) is 0. The van der Waals surface area contributed by atoms with E-state index in [4.69, 9.17) is 0 Å². The molecule has 0 spiro atoms. The molecular formula is C18H32N4S. The number of aliphatic imine (C=N–C) groups is 1. The first kappa shape index (κ1) is 18.3. The van der Waals surface area contributed by atoms with Gasteiger partial charge in [-0.25, -0.2) is 0 Å². The zero-order valence-corrected chi connectivity index (χ0v) is 15.7. The summed E-state index contributed by atoms with van der Waals surface area (Å²) in [6, 6.07) is 5.13. The van der Waals surface area contributed by atoms with Crippen LogP contribution in [0.2, 0.25) is 0 Å². The van der Waals surface area contributed by atoms with Gasteiger partial charge >= 0.3 is 0 Å². The Morgan fingerprint density at radius 2 is 2.17 bits per heavy atom. The highest BCUT2D eigenvalue weighted by Crippen LogP contribution is 2.21. The van der Waals surface area contributed by atoms with Crippen molar-refractivity contribution in [1.82, 2.24) is 15.5 Å². The topological polar surface area (TPSA) is 39.7 Å². The first-order valence-electron chi connectivity index (χ1n) is 8.86. The summed E-state index contributed by atoms with van der Waals surface area (Å²) in [7, 11) is 4.09. The van der Waals surface area contributed by atoms with Gasteiger partial charge in [-0.1, -0.05) is 25.8 Å². The highest BCUT2D eigenvalue weighted by atomic mass is 32.1. The van der Waals surface area contributed by atoms with E-state index in [1.165, 1.54) is 30.6 Å². The molecule has 0 amide bonds. The lowest BCUT2D eigenvalue weighted by atomic mass is 10.1. The fourth-order valence-electron chi connectivity index (χ4n) is 3.21. The van der Waals surface area contributed by atoms with Crippen molar-refractivity contribution in [3.63, 3.8) is 0 Å². The minimum atomic E-state index is 0.605. The summed E-state index contributed by atoms with van der Waals surface area (Å²) in [4.78, 5) is 8.28. The fraction of sp³-hybridized carbons (Fsp3) is 0.722. The van der Waals surface area contributed by atoms with E-state index in [1.54, 1.807) is 0 Å². The maximum absolute atomic E-state index is 4.33. The molecule has 1 aromatic rings. The van der Waals surface area contributed by atoms with E-state index < -0.39 is 0 Å². The number of rotatable bonds is 8. The first-order chi connectivity index (χ1) is 11.2. The lowest BCUT2D eigenvalue weighted by molar-refractivity contribution is 0.249. The molecule has 1 atom stereocenters. The van der Waals surface area contributed by atoms with Crippen LogP contribution in [0.25, 0.3) is 0 Å². The highest BCUT2D eigenvalue weighted by molar-refractivity contribution is 7.09. The molecule has 0 bridgehead atoms. The molecule has 1 unspecified atom stereocenters. The van der Waals surface area contributed by atoms with Gasteiger partial charge in [0, 0.05) is 37.6 Å². The Morgan fingerprint density at radius 1 is 1.39 bits per heavy atom. The highest BCUT2D eigenvalue weighted by Gasteiger charge is 2.18. The maximum atomic E-state index is 4.33. The number of guanidine groups is 1. The van der Waals surface area contributed by atoms with Gasteiger partial charge in [0.15, 0.2) is 5.96 Å². The number of nitrogens with one attached hydrogen (secondary N) is 2. The van der Waals surface area contributed by atoms with Gasteiger partial charge in [-0.2, -0.15) is 0 Å². The maximum Gasteiger partial charge on any atom is 0.191 e. The van der Waals surface area contributed by atoms with Crippen molar-refractivity contribution in [2.24, 2.45) is 10.9 Å². The van der Waals surface area contributed by atoms with Gasteiger partial charge in [-0.05, 0) is 43.7 Å².